The molecule has 1 aromatic carbocycles. The van der Waals surface area contributed by atoms with Gasteiger partial charge in [-0.1, -0.05) is 42.5 Å². The number of piperidine rings is 1. The van der Waals surface area contributed by atoms with Gasteiger partial charge in [0.15, 0.2) is 0 Å². The minimum Gasteiger partial charge on any atom is -0.500 e. The van der Waals surface area contributed by atoms with Crippen molar-refractivity contribution < 1.29 is 24.2 Å². The Kier molecular flexibility index (Phi) is 5.81. The quantitative estimate of drug-likeness (QED) is 0.723. The summed E-state index contributed by atoms with van der Waals surface area (Å²) in [4.78, 5) is 27.2. The summed E-state index contributed by atoms with van der Waals surface area (Å²) in [7, 11) is 1.63. The number of allylic oxidation sites excluding steroid dienone is 3. The van der Waals surface area contributed by atoms with Crippen molar-refractivity contribution in [2.24, 2.45) is 16.7 Å². The standard InChI is InChI=1S/C27H33NO5/c1-32-23-18-27(25(30)31,10-9-21(23)19-6-3-2-4-7-19)20-16-26(17-20)11-13-28(14-12-26)24(29)22-8-5-15-33-22/h2-4,6-7,9-10,20,22H,5,8,11-18H2,1H3,(H,30,31)/t22-,27?/m1/s1. The topological polar surface area (TPSA) is 76.1 Å². The van der Waals surface area contributed by atoms with Gasteiger partial charge in [-0.05, 0) is 55.4 Å². The molecular weight excluding hydrogens is 418 g/mol. The third-order valence-electron chi connectivity index (χ3n) is 8.46. The van der Waals surface area contributed by atoms with E-state index in [-0.39, 0.29) is 23.3 Å². The summed E-state index contributed by atoms with van der Waals surface area (Å²) in [5, 5.41) is 10.3. The molecule has 1 saturated carbocycles. The van der Waals surface area contributed by atoms with Crippen LogP contribution >= 0.6 is 0 Å². The van der Waals surface area contributed by atoms with E-state index in [4.69, 9.17) is 9.47 Å². The van der Waals surface area contributed by atoms with E-state index >= 15 is 0 Å². The number of carbonyl (C=O) groups is 2. The molecule has 2 aliphatic heterocycles. The Bertz CT molecular complexity index is 961. The van der Waals surface area contributed by atoms with Gasteiger partial charge in [0, 0.05) is 31.7 Å². The van der Waals surface area contributed by atoms with Gasteiger partial charge in [-0.15, -0.1) is 0 Å². The Morgan fingerprint density at radius 2 is 1.88 bits per heavy atom. The number of aliphatic carboxylic acids is 1. The minimum atomic E-state index is -0.931. The molecule has 5 rings (SSSR count). The van der Waals surface area contributed by atoms with Gasteiger partial charge in [-0.25, -0.2) is 0 Å². The van der Waals surface area contributed by atoms with Crippen molar-refractivity contribution >= 4 is 17.4 Å². The summed E-state index contributed by atoms with van der Waals surface area (Å²) in [6, 6.07) is 9.98. The zero-order valence-electron chi connectivity index (χ0n) is 19.3. The molecule has 6 nitrogen and oxygen atoms in total. The first-order valence-corrected chi connectivity index (χ1v) is 12.1. The SMILES string of the molecule is COC1=C(c2ccccc2)C=CC(C(=O)O)(C2CC3(CCN(C(=O)[C@H]4CCCO4)CC3)C2)C1. The summed E-state index contributed by atoms with van der Waals surface area (Å²) >= 11 is 0. The number of carboxylic acid groups (broad SMARTS) is 1. The van der Waals surface area contributed by atoms with Crippen LogP contribution in [0.4, 0.5) is 0 Å². The maximum absolute atomic E-state index is 12.7. The largest absolute Gasteiger partial charge is 0.500 e. The Hall–Kier alpha value is -2.60. The van der Waals surface area contributed by atoms with Gasteiger partial charge in [0.25, 0.3) is 5.91 Å². The second kappa shape index (κ2) is 8.64. The zero-order valence-corrected chi connectivity index (χ0v) is 19.3. The number of rotatable bonds is 5. The summed E-state index contributed by atoms with van der Waals surface area (Å²) in [6.07, 6.45) is 9.45. The van der Waals surface area contributed by atoms with Crippen molar-refractivity contribution in [3.05, 3.63) is 53.8 Å². The smallest absolute Gasteiger partial charge is 0.314 e. The van der Waals surface area contributed by atoms with E-state index < -0.39 is 11.4 Å². The molecule has 0 aromatic heterocycles. The number of benzene rings is 1. The lowest BCUT2D eigenvalue weighted by atomic mass is 9.49. The lowest BCUT2D eigenvalue weighted by molar-refractivity contribution is -0.159. The molecule has 2 heterocycles. The summed E-state index contributed by atoms with van der Waals surface area (Å²) in [5.74, 6) is 0.184. The number of carboxylic acids is 1. The fourth-order valence-electron chi connectivity index (χ4n) is 6.34. The van der Waals surface area contributed by atoms with Gasteiger partial charge in [-0.3, -0.25) is 9.59 Å². The molecule has 2 saturated heterocycles. The van der Waals surface area contributed by atoms with Crippen LogP contribution in [0.2, 0.25) is 0 Å². The van der Waals surface area contributed by atoms with E-state index in [1.165, 1.54) is 0 Å². The molecule has 1 amide bonds. The van der Waals surface area contributed by atoms with Crippen molar-refractivity contribution in [2.45, 2.75) is 51.0 Å². The molecular formula is C27H33NO5. The number of likely N-dealkylation sites (tertiary alicyclic amines) is 1. The first-order valence-electron chi connectivity index (χ1n) is 12.1. The minimum absolute atomic E-state index is 0.0779. The van der Waals surface area contributed by atoms with Gasteiger partial charge in [-0.2, -0.15) is 0 Å². The second-order valence-corrected chi connectivity index (χ2v) is 10.2. The summed E-state index contributed by atoms with van der Waals surface area (Å²) in [6.45, 7) is 2.19. The van der Waals surface area contributed by atoms with Crippen molar-refractivity contribution in [3.8, 4) is 0 Å². The maximum Gasteiger partial charge on any atom is 0.314 e. The van der Waals surface area contributed by atoms with E-state index in [2.05, 4.69) is 0 Å². The molecule has 2 atom stereocenters. The fourth-order valence-corrected chi connectivity index (χ4v) is 6.34. The van der Waals surface area contributed by atoms with Gasteiger partial charge >= 0.3 is 5.97 Å². The third kappa shape index (κ3) is 3.88. The number of hydrogen-bond donors (Lipinski definition) is 1. The predicted octanol–water partition coefficient (Wildman–Crippen LogP) is 4.27. The van der Waals surface area contributed by atoms with Gasteiger partial charge in [0.2, 0.25) is 0 Å². The lowest BCUT2D eigenvalue weighted by Crippen LogP contribution is -2.55. The lowest BCUT2D eigenvalue weighted by Gasteiger charge is -2.57. The molecule has 2 aliphatic carbocycles. The maximum atomic E-state index is 12.7. The molecule has 1 aromatic rings. The average Bonchev–Trinajstić information content (AvgIpc) is 3.37. The normalized spacial score (nSPS) is 29.2. The Morgan fingerprint density at radius 3 is 2.48 bits per heavy atom. The molecule has 33 heavy (non-hydrogen) atoms. The molecule has 6 heteroatoms. The van der Waals surface area contributed by atoms with Crippen molar-refractivity contribution in [2.75, 3.05) is 26.8 Å². The number of ether oxygens (including phenoxy) is 2. The van der Waals surface area contributed by atoms with Crippen LogP contribution in [-0.2, 0) is 19.1 Å². The van der Waals surface area contributed by atoms with Crippen LogP contribution in [0.3, 0.4) is 0 Å². The average molecular weight is 452 g/mol. The predicted molar refractivity (Wildman–Crippen MR) is 124 cm³/mol. The third-order valence-corrected chi connectivity index (χ3v) is 8.46. The van der Waals surface area contributed by atoms with Crippen LogP contribution in [0.5, 0.6) is 0 Å². The second-order valence-electron chi connectivity index (χ2n) is 10.2. The van der Waals surface area contributed by atoms with Crippen LogP contribution < -0.4 is 0 Å². The van der Waals surface area contributed by atoms with Crippen LogP contribution in [0.25, 0.3) is 5.57 Å². The highest BCUT2D eigenvalue weighted by atomic mass is 16.5. The molecule has 0 radical (unpaired) electrons. The van der Waals surface area contributed by atoms with Crippen LogP contribution in [-0.4, -0.2) is 54.8 Å². The summed E-state index contributed by atoms with van der Waals surface area (Å²) < 4.78 is 11.3. The van der Waals surface area contributed by atoms with E-state index in [0.717, 1.165) is 68.5 Å². The first kappa shape index (κ1) is 22.2. The number of nitrogens with zero attached hydrogens (tertiary/aromatic N) is 1. The van der Waals surface area contributed by atoms with E-state index in [1.54, 1.807) is 7.11 Å². The Balaban J connectivity index is 1.26. The molecule has 1 unspecified atom stereocenters. The van der Waals surface area contributed by atoms with Gasteiger partial charge in [0.05, 0.1) is 12.5 Å². The molecule has 0 bridgehead atoms. The molecule has 1 N–H and O–H groups in total. The number of methoxy groups -OCH3 is 1. The van der Waals surface area contributed by atoms with Gasteiger partial charge in [0.1, 0.15) is 11.9 Å². The zero-order chi connectivity index (χ0) is 23.1. The van der Waals surface area contributed by atoms with Crippen molar-refractivity contribution in [1.29, 1.82) is 0 Å². The van der Waals surface area contributed by atoms with Crippen LogP contribution in [0.1, 0.15) is 50.5 Å². The highest BCUT2D eigenvalue weighted by Crippen LogP contribution is 2.61. The molecule has 4 aliphatic rings. The number of hydrogen-bond acceptors (Lipinski definition) is 4. The van der Waals surface area contributed by atoms with Crippen molar-refractivity contribution in [3.63, 3.8) is 0 Å². The van der Waals surface area contributed by atoms with Gasteiger partial charge < -0.3 is 19.5 Å². The van der Waals surface area contributed by atoms with E-state index in [9.17, 15) is 14.7 Å². The highest BCUT2D eigenvalue weighted by Gasteiger charge is 2.57. The monoisotopic (exact) mass is 451 g/mol. The van der Waals surface area contributed by atoms with E-state index in [0.29, 0.717) is 13.0 Å². The Morgan fingerprint density at radius 1 is 1.15 bits per heavy atom. The number of amides is 1. The first-order chi connectivity index (χ1) is 16.0. The molecule has 1 spiro atoms. The highest BCUT2D eigenvalue weighted by molar-refractivity contribution is 5.85. The van der Waals surface area contributed by atoms with E-state index in [1.807, 2.05) is 47.4 Å². The molecule has 176 valence electrons. The Labute approximate surface area is 195 Å². The van der Waals surface area contributed by atoms with Crippen LogP contribution in [0.15, 0.2) is 48.2 Å². The molecule has 3 fully saturated rings. The van der Waals surface area contributed by atoms with Crippen LogP contribution in [0, 0.1) is 16.7 Å². The number of carbonyl (C=O) groups excluding carboxylic acids is 1. The van der Waals surface area contributed by atoms with Crippen molar-refractivity contribution in [1.82, 2.24) is 4.90 Å². The fraction of sp³-hybridized carbons (Fsp3) is 0.556. The summed E-state index contributed by atoms with van der Waals surface area (Å²) in [5.41, 5.74) is 1.23.